The van der Waals surface area contributed by atoms with E-state index >= 15 is 0 Å². The number of halogens is 1. The fraction of sp³-hybridized carbons (Fsp3) is 0.375. The molecule has 1 amide bonds. The quantitative estimate of drug-likeness (QED) is 0.304. The number of aliphatic hydroxyl groups is 1. The third-order valence-corrected chi connectivity index (χ3v) is 5.40. The first kappa shape index (κ1) is 25.1. The molecular formula is C24H29FN4O5. The van der Waals surface area contributed by atoms with E-state index < -0.39 is 27.9 Å². The van der Waals surface area contributed by atoms with Crippen molar-refractivity contribution in [1.82, 2.24) is 5.32 Å². The van der Waals surface area contributed by atoms with Crippen LogP contribution in [0, 0.1) is 15.9 Å². The van der Waals surface area contributed by atoms with Crippen LogP contribution in [0.15, 0.2) is 30.3 Å². The van der Waals surface area contributed by atoms with Crippen LogP contribution in [0.1, 0.15) is 30.6 Å². The molecule has 3 rings (SSSR count). The lowest BCUT2D eigenvalue weighted by Gasteiger charge is -2.30. The average Bonchev–Trinajstić information content (AvgIpc) is 2.78. The highest BCUT2D eigenvalue weighted by atomic mass is 19.1. The Morgan fingerprint density at radius 3 is 2.68 bits per heavy atom. The second-order valence-electron chi connectivity index (χ2n) is 8.71. The van der Waals surface area contributed by atoms with Crippen LogP contribution in [0.5, 0.6) is 0 Å². The molecule has 2 aromatic carbocycles. The van der Waals surface area contributed by atoms with Gasteiger partial charge in [-0.1, -0.05) is 6.58 Å². The van der Waals surface area contributed by atoms with Gasteiger partial charge in [-0.05, 0) is 55.0 Å². The van der Waals surface area contributed by atoms with Crippen LogP contribution >= 0.6 is 0 Å². The summed E-state index contributed by atoms with van der Waals surface area (Å²) < 4.78 is 19.1. The van der Waals surface area contributed by atoms with E-state index in [0.29, 0.717) is 45.0 Å². The lowest BCUT2D eigenvalue weighted by atomic mass is 10.1. The highest BCUT2D eigenvalue weighted by molar-refractivity contribution is 6.06. The minimum Gasteiger partial charge on any atom is -0.390 e. The average molecular weight is 473 g/mol. The number of morpholine rings is 1. The van der Waals surface area contributed by atoms with Gasteiger partial charge in [0, 0.05) is 37.5 Å². The van der Waals surface area contributed by atoms with Crippen molar-refractivity contribution in [2.75, 3.05) is 43.1 Å². The van der Waals surface area contributed by atoms with Gasteiger partial charge in [0.15, 0.2) is 0 Å². The molecule has 182 valence electrons. The molecule has 0 spiro atoms. The number of nitrogens with zero attached hydrogens (tertiary/aromatic N) is 2. The van der Waals surface area contributed by atoms with Crippen LogP contribution in [-0.4, -0.2) is 54.4 Å². The Morgan fingerprint density at radius 1 is 1.32 bits per heavy atom. The fourth-order valence-electron chi connectivity index (χ4n) is 3.50. The molecule has 34 heavy (non-hydrogen) atoms. The predicted octanol–water partition coefficient (Wildman–Crippen LogP) is 1.72. The van der Waals surface area contributed by atoms with E-state index in [-0.39, 0.29) is 5.56 Å². The van der Waals surface area contributed by atoms with Gasteiger partial charge in [-0.2, -0.15) is 4.39 Å². The molecule has 0 aromatic heterocycles. The van der Waals surface area contributed by atoms with Crippen molar-refractivity contribution >= 4 is 35.7 Å². The number of benzene rings is 2. The molecule has 1 fully saturated rings. The first-order valence-electron chi connectivity index (χ1n) is 10.9. The van der Waals surface area contributed by atoms with Crippen molar-refractivity contribution in [3.63, 3.8) is 0 Å². The smallest absolute Gasteiger partial charge is 0.305 e. The van der Waals surface area contributed by atoms with Gasteiger partial charge in [0.25, 0.3) is 5.91 Å². The Kier molecular flexibility index (Phi) is 7.85. The zero-order valence-corrected chi connectivity index (χ0v) is 19.3. The number of hydrogen-bond acceptors (Lipinski definition) is 7. The molecule has 1 saturated heterocycles. The number of nitro groups is 1. The normalized spacial score (nSPS) is 14.7. The molecule has 1 aliphatic heterocycles. The number of hydrogen-bond donors (Lipinski definition) is 3. The van der Waals surface area contributed by atoms with Crippen molar-refractivity contribution in [3.8, 4) is 0 Å². The molecular weight excluding hydrogens is 443 g/mol. The van der Waals surface area contributed by atoms with Crippen molar-refractivity contribution in [2.45, 2.75) is 25.9 Å². The number of rotatable bonds is 8. The second kappa shape index (κ2) is 10.6. The molecule has 0 bridgehead atoms. The van der Waals surface area contributed by atoms with Gasteiger partial charge in [0.2, 0.25) is 5.82 Å². The Morgan fingerprint density at radius 2 is 2.03 bits per heavy atom. The predicted molar refractivity (Wildman–Crippen MR) is 129 cm³/mol. The summed E-state index contributed by atoms with van der Waals surface area (Å²) in [6, 6.07) is 6.64. The summed E-state index contributed by atoms with van der Waals surface area (Å²) in [6.07, 6.45) is 2.30. The SMILES string of the molecule is C=c1cc(N2CCOCC2)c(NC(=O)c2ccc(F)c([N+](=O)[O-])c2)c/c1=C/NCCC(C)(C)O. The van der Waals surface area contributed by atoms with Crippen LogP contribution in [0.25, 0.3) is 12.8 Å². The molecule has 0 unspecified atom stereocenters. The van der Waals surface area contributed by atoms with Crippen LogP contribution in [-0.2, 0) is 4.74 Å². The van der Waals surface area contributed by atoms with E-state index in [4.69, 9.17) is 4.74 Å². The zero-order chi connectivity index (χ0) is 24.9. The van der Waals surface area contributed by atoms with E-state index in [0.717, 1.165) is 28.3 Å². The van der Waals surface area contributed by atoms with Gasteiger partial charge in [0.05, 0.1) is 35.1 Å². The van der Waals surface area contributed by atoms with E-state index in [9.17, 15) is 24.4 Å². The molecule has 2 aromatic rings. The number of amides is 1. The maximum Gasteiger partial charge on any atom is 0.305 e. The van der Waals surface area contributed by atoms with E-state index in [1.165, 1.54) is 6.07 Å². The number of nitro benzene ring substituents is 1. The Bertz CT molecular complexity index is 1170. The van der Waals surface area contributed by atoms with Gasteiger partial charge in [0.1, 0.15) is 0 Å². The summed E-state index contributed by atoms with van der Waals surface area (Å²) in [6.45, 7) is 10.4. The minimum atomic E-state index is -1.01. The maximum atomic E-state index is 13.7. The Labute approximate surface area is 196 Å². The van der Waals surface area contributed by atoms with Crippen molar-refractivity contribution in [1.29, 1.82) is 0 Å². The number of carbonyl (C=O) groups excluding carboxylic acids is 1. The lowest BCUT2D eigenvalue weighted by Crippen LogP contribution is -2.39. The number of nitrogens with one attached hydrogen (secondary N) is 2. The number of ether oxygens (including phenoxy) is 1. The van der Waals surface area contributed by atoms with Gasteiger partial charge in [-0.3, -0.25) is 14.9 Å². The molecule has 3 N–H and O–H groups in total. The highest BCUT2D eigenvalue weighted by Gasteiger charge is 2.20. The molecule has 0 saturated carbocycles. The van der Waals surface area contributed by atoms with Crippen LogP contribution < -0.4 is 26.0 Å². The van der Waals surface area contributed by atoms with Gasteiger partial charge < -0.3 is 25.4 Å². The largest absolute Gasteiger partial charge is 0.390 e. The summed E-state index contributed by atoms with van der Waals surface area (Å²) >= 11 is 0. The Hall–Kier alpha value is -3.50. The molecule has 1 heterocycles. The third-order valence-electron chi connectivity index (χ3n) is 5.40. The van der Waals surface area contributed by atoms with Crippen molar-refractivity contribution in [2.24, 2.45) is 0 Å². The molecule has 9 nitrogen and oxygen atoms in total. The molecule has 10 heteroatoms. The van der Waals surface area contributed by atoms with Crippen LogP contribution in [0.2, 0.25) is 0 Å². The minimum absolute atomic E-state index is 0.0337. The van der Waals surface area contributed by atoms with Gasteiger partial charge in [-0.15, -0.1) is 0 Å². The molecule has 0 radical (unpaired) electrons. The van der Waals surface area contributed by atoms with E-state index in [2.05, 4.69) is 22.1 Å². The second-order valence-corrected chi connectivity index (χ2v) is 8.71. The van der Waals surface area contributed by atoms with E-state index in [1.807, 2.05) is 6.07 Å². The maximum absolute atomic E-state index is 13.7. The number of carbonyl (C=O) groups is 1. The van der Waals surface area contributed by atoms with Gasteiger partial charge in [-0.25, -0.2) is 0 Å². The Balaban J connectivity index is 1.94. The summed E-state index contributed by atoms with van der Waals surface area (Å²) in [4.78, 5) is 25.2. The van der Waals surface area contributed by atoms with Gasteiger partial charge >= 0.3 is 5.69 Å². The van der Waals surface area contributed by atoms with Crippen molar-refractivity contribution < 1.29 is 24.0 Å². The number of anilines is 2. The fourth-order valence-corrected chi connectivity index (χ4v) is 3.50. The first-order valence-corrected chi connectivity index (χ1v) is 10.9. The molecule has 0 atom stereocenters. The summed E-state index contributed by atoms with van der Waals surface area (Å²) in [5, 5.41) is 28.4. The van der Waals surface area contributed by atoms with Crippen molar-refractivity contribution in [3.05, 3.63) is 62.3 Å². The summed E-state index contributed by atoms with van der Waals surface area (Å²) in [5.41, 5.74) is -0.368. The summed E-state index contributed by atoms with van der Waals surface area (Å²) in [7, 11) is 0. The topological polar surface area (TPSA) is 117 Å². The first-order chi connectivity index (χ1) is 16.0. The van der Waals surface area contributed by atoms with Crippen LogP contribution in [0.4, 0.5) is 21.5 Å². The standard InChI is InChI=1S/C24H29FN4O5/c1-16-12-22(28-8-10-34-11-9-28)20(13-18(16)15-26-7-6-24(2,3)31)27-23(30)17-4-5-19(25)21(14-17)29(32)33/h4-5,12-15,26,31H,1,6-11H2,2-3H3,(H,27,30)/b18-15-. The molecule has 0 aliphatic carbocycles. The van der Waals surface area contributed by atoms with E-state index in [1.54, 1.807) is 26.1 Å². The lowest BCUT2D eigenvalue weighted by molar-refractivity contribution is -0.387. The zero-order valence-electron chi connectivity index (χ0n) is 19.3. The monoisotopic (exact) mass is 472 g/mol. The molecule has 1 aliphatic rings. The third kappa shape index (κ3) is 6.52. The van der Waals surface area contributed by atoms with Crippen LogP contribution in [0.3, 0.4) is 0 Å². The summed E-state index contributed by atoms with van der Waals surface area (Å²) in [5.74, 6) is -1.61. The highest BCUT2D eigenvalue weighted by Crippen LogP contribution is 2.25.